The number of aromatic nitrogens is 1. The fourth-order valence-corrected chi connectivity index (χ4v) is 0.804. The van der Waals surface area contributed by atoms with Crippen molar-refractivity contribution < 1.29 is 10.0 Å². The van der Waals surface area contributed by atoms with Gasteiger partial charge in [-0.25, -0.2) is 4.98 Å². The molecule has 60 valence electrons. The largest absolute Gasteiger partial charge is 0.488 e. The van der Waals surface area contributed by atoms with Crippen molar-refractivity contribution in [2.24, 2.45) is 0 Å². The molecule has 0 saturated carbocycles. The number of nitrogens with zero attached hydrogens (tertiary/aromatic N) is 1. The molecule has 4 heteroatoms. The molecule has 0 fully saturated rings. The van der Waals surface area contributed by atoms with Gasteiger partial charge in [0.05, 0.1) is 0 Å². The van der Waals surface area contributed by atoms with E-state index in [0.29, 0.717) is 11.2 Å². The lowest BCUT2D eigenvalue weighted by molar-refractivity contribution is 0.425. The van der Waals surface area contributed by atoms with Crippen LogP contribution in [0.3, 0.4) is 0 Å². The minimum absolute atomic E-state index is 0.405. The highest BCUT2D eigenvalue weighted by Gasteiger charge is 2.10. The highest BCUT2D eigenvalue weighted by atomic mass is 16.4. The maximum Gasteiger partial charge on any atom is 0.488 e. The number of hydrogen-bond donors (Lipinski definition) is 2. The highest BCUT2D eigenvalue weighted by molar-refractivity contribution is 6.58. The maximum atomic E-state index is 8.80. The number of pyridine rings is 1. The predicted molar refractivity (Wildman–Crippen MR) is 46.6 cm³/mol. The van der Waals surface area contributed by atoms with Crippen LogP contribution in [0.2, 0.25) is 0 Å². The van der Waals surface area contributed by atoms with E-state index in [-0.39, 0.29) is 0 Å². The van der Waals surface area contributed by atoms with Gasteiger partial charge in [-0.1, -0.05) is 5.92 Å². The lowest BCUT2D eigenvalue weighted by atomic mass is 9.81. The van der Waals surface area contributed by atoms with Crippen LogP contribution in [0.15, 0.2) is 18.3 Å². The second-order valence-electron chi connectivity index (χ2n) is 2.22. The summed E-state index contributed by atoms with van der Waals surface area (Å²) in [6, 6.07) is 3.08. The summed E-state index contributed by atoms with van der Waals surface area (Å²) < 4.78 is 0. The van der Waals surface area contributed by atoms with Gasteiger partial charge in [0.15, 0.2) is 0 Å². The van der Waals surface area contributed by atoms with Gasteiger partial charge in [-0.2, -0.15) is 0 Å². The molecular formula is C8H8BNO2. The first kappa shape index (κ1) is 8.79. The fourth-order valence-electron chi connectivity index (χ4n) is 0.804. The van der Waals surface area contributed by atoms with Gasteiger partial charge in [-0.15, -0.1) is 0 Å². The van der Waals surface area contributed by atoms with E-state index >= 15 is 0 Å². The third kappa shape index (κ3) is 2.09. The second-order valence-corrected chi connectivity index (χ2v) is 2.22. The molecule has 12 heavy (non-hydrogen) atoms. The highest BCUT2D eigenvalue weighted by Crippen LogP contribution is 1.88. The van der Waals surface area contributed by atoms with E-state index in [2.05, 4.69) is 16.8 Å². The fraction of sp³-hybridized carbons (Fsp3) is 0.125. The van der Waals surface area contributed by atoms with Gasteiger partial charge < -0.3 is 10.0 Å². The molecular weight excluding hydrogens is 153 g/mol. The average Bonchev–Trinajstić information content (AvgIpc) is 2.05. The van der Waals surface area contributed by atoms with Crippen LogP contribution in [-0.2, 0) is 0 Å². The SMILES string of the molecule is CC#Cc1cc(B(O)O)ccn1. The Morgan fingerprint density at radius 3 is 2.83 bits per heavy atom. The molecule has 0 spiro atoms. The van der Waals surface area contributed by atoms with Crippen molar-refractivity contribution in [1.82, 2.24) is 4.98 Å². The van der Waals surface area contributed by atoms with Gasteiger partial charge in [0, 0.05) is 6.20 Å². The van der Waals surface area contributed by atoms with Crippen LogP contribution < -0.4 is 5.46 Å². The van der Waals surface area contributed by atoms with Crippen molar-refractivity contribution in [3.63, 3.8) is 0 Å². The van der Waals surface area contributed by atoms with Crippen molar-refractivity contribution in [2.75, 3.05) is 0 Å². The summed E-state index contributed by atoms with van der Waals surface area (Å²) in [6.07, 6.45) is 1.49. The average molecular weight is 161 g/mol. The number of hydrogen-bond acceptors (Lipinski definition) is 3. The van der Waals surface area contributed by atoms with Crippen molar-refractivity contribution in [2.45, 2.75) is 6.92 Å². The quantitative estimate of drug-likeness (QED) is 0.416. The Bertz CT molecular complexity index is 327. The summed E-state index contributed by atoms with van der Waals surface area (Å²) in [7, 11) is -1.45. The van der Waals surface area contributed by atoms with Crippen LogP contribution >= 0.6 is 0 Å². The van der Waals surface area contributed by atoms with Crippen LogP contribution in [-0.4, -0.2) is 22.2 Å². The van der Waals surface area contributed by atoms with Crippen LogP contribution in [0.25, 0.3) is 0 Å². The first-order valence-corrected chi connectivity index (χ1v) is 3.49. The molecule has 0 aliphatic rings. The van der Waals surface area contributed by atoms with E-state index in [4.69, 9.17) is 10.0 Å². The molecule has 1 rings (SSSR count). The Morgan fingerprint density at radius 2 is 2.25 bits per heavy atom. The molecule has 0 aromatic carbocycles. The van der Waals surface area contributed by atoms with Crippen LogP contribution in [0, 0.1) is 11.8 Å². The smallest absolute Gasteiger partial charge is 0.423 e. The van der Waals surface area contributed by atoms with Gasteiger partial charge in [-0.05, 0) is 30.4 Å². The van der Waals surface area contributed by atoms with Crippen molar-refractivity contribution >= 4 is 12.6 Å². The van der Waals surface area contributed by atoms with Crippen LogP contribution in [0.1, 0.15) is 12.6 Å². The summed E-state index contributed by atoms with van der Waals surface area (Å²) in [5.74, 6) is 5.39. The minimum Gasteiger partial charge on any atom is -0.423 e. The van der Waals surface area contributed by atoms with Crippen molar-refractivity contribution in [1.29, 1.82) is 0 Å². The molecule has 0 bridgehead atoms. The monoisotopic (exact) mass is 161 g/mol. The summed E-state index contributed by atoms with van der Waals surface area (Å²) in [6.45, 7) is 1.70. The Kier molecular flexibility index (Phi) is 2.86. The van der Waals surface area contributed by atoms with Gasteiger partial charge in [0.25, 0.3) is 0 Å². The summed E-state index contributed by atoms with van der Waals surface area (Å²) >= 11 is 0. The van der Waals surface area contributed by atoms with Gasteiger partial charge >= 0.3 is 7.12 Å². The molecule has 0 radical (unpaired) electrons. The molecule has 2 N–H and O–H groups in total. The van der Waals surface area contributed by atoms with Gasteiger partial charge in [-0.3, -0.25) is 0 Å². The van der Waals surface area contributed by atoms with Crippen molar-refractivity contribution in [3.8, 4) is 11.8 Å². The lowest BCUT2D eigenvalue weighted by Crippen LogP contribution is -2.30. The molecule has 1 aromatic rings. The third-order valence-electron chi connectivity index (χ3n) is 1.34. The Morgan fingerprint density at radius 1 is 1.50 bits per heavy atom. The topological polar surface area (TPSA) is 53.4 Å². The molecule has 0 unspecified atom stereocenters. The zero-order valence-corrected chi connectivity index (χ0v) is 6.65. The summed E-state index contributed by atoms with van der Waals surface area (Å²) in [5.41, 5.74) is 0.950. The summed E-state index contributed by atoms with van der Waals surface area (Å²) in [4.78, 5) is 3.92. The molecule has 0 aliphatic carbocycles. The van der Waals surface area contributed by atoms with E-state index < -0.39 is 7.12 Å². The molecule has 0 atom stereocenters. The zero-order chi connectivity index (χ0) is 8.97. The molecule has 0 saturated heterocycles. The summed E-state index contributed by atoms with van der Waals surface area (Å²) in [5, 5.41) is 17.6. The zero-order valence-electron chi connectivity index (χ0n) is 6.65. The normalized spacial score (nSPS) is 8.58. The molecule has 0 aliphatic heterocycles. The third-order valence-corrected chi connectivity index (χ3v) is 1.34. The van der Waals surface area contributed by atoms with E-state index in [1.807, 2.05) is 0 Å². The second kappa shape index (κ2) is 3.91. The molecule has 1 heterocycles. The van der Waals surface area contributed by atoms with Gasteiger partial charge in [0.1, 0.15) is 5.69 Å². The predicted octanol–water partition coefficient (Wildman–Crippen LogP) is -0.867. The first-order valence-electron chi connectivity index (χ1n) is 3.49. The Labute approximate surface area is 71.2 Å². The standard InChI is InChI=1S/C8H8BNO2/c1-2-3-8-6-7(9(11)12)4-5-10-8/h4-6,11-12H,1H3. The van der Waals surface area contributed by atoms with Gasteiger partial charge in [0.2, 0.25) is 0 Å². The first-order chi connectivity index (χ1) is 5.74. The maximum absolute atomic E-state index is 8.80. The Balaban J connectivity index is 3.01. The van der Waals surface area contributed by atoms with Crippen molar-refractivity contribution in [3.05, 3.63) is 24.0 Å². The molecule has 3 nitrogen and oxygen atoms in total. The van der Waals surface area contributed by atoms with E-state index in [1.54, 1.807) is 13.0 Å². The van der Waals surface area contributed by atoms with E-state index in [9.17, 15) is 0 Å². The number of rotatable bonds is 1. The van der Waals surface area contributed by atoms with Crippen LogP contribution in [0.5, 0.6) is 0 Å². The minimum atomic E-state index is -1.45. The lowest BCUT2D eigenvalue weighted by Gasteiger charge is -1.97. The van der Waals surface area contributed by atoms with E-state index in [0.717, 1.165) is 0 Å². The van der Waals surface area contributed by atoms with E-state index in [1.165, 1.54) is 12.3 Å². The molecule has 1 aromatic heterocycles. The Hall–Kier alpha value is -1.31. The van der Waals surface area contributed by atoms with Crippen LogP contribution in [0.4, 0.5) is 0 Å². The molecule has 0 amide bonds.